The second kappa shape index (κ2) is 11.5. The van der Waals surface area contributed by atoms with Crippen LogP contribution in [-0.2, 0) is 28.5 Å². The van der Waals surface area contributed by atoms with Gasteiger partial charge in [0, 0.05) is 26.7 Å². The van der Waals surface area contributed by atoms with Gasteiger partial charge < -0.3 is 49.4 Å². The van der Waals surface area contributed by atoms with Gasteiger partial charge in [0.15, 0.2) is 11.5 Å². The van der Waals surface area contributed by atoms with Crippen LogP contribution in [0.1, 0.15) is 34.1 Å². The van der Waals surface area contributed by atoms with E-state index in [1.165, 1.54) is 6.92 Å². The molecular weight excluding hydrogens is 402 g/mol. The minimum atomic E-state index is -2.02. The number of aliphatic hydroxyl groups excluding tert-OH is 4. The smallest absolute Gasteiger partial charge is 0.365 e. The lowest BCUT2D eigenvalue weighted by atomic mass is 9.92. The molecule has 0 aromatic heterocycles. The molecule has 0 aromatic rings. The quantitative estimate of drug-likeness (QED) is 0.209. The maximum Gasteiger partial charge on any atom is 0.365 e. The Kier molecular flexibility index (Phi) is 10.0. The molecule has 0 aliphatic carbocycles. The summed E-state index contributed by atoms with van der Waals surface area (Å²) in [5.74, 6) is -5.82. The zero-order valence-electron chi connectivity index (χ0n) is 17.8. The van der Waals surface area contributed by atoms with Crippen LogP contribution < -0.4 is 5.32 Å². The zero-order chi connectivity index (χ0) is 22.9. The van der Waals surface area contributed by atoms with Gasteiger partial charge in [-0.25, -0.2) is 0 Å². The van der Waals surface area contributed by atoms with Gasteiger partial charge in [-0.15, -0.1) is 0 Å². The average molecular weight is 435 g/mol. The monoisotopic (exact) mass is 435 g/mol. The Morgan fingerprint density at radius 3 is 2.27 bits per heavy atom. The van der Waals surface area contributed by atoms with Crippen molar-refractivity contribution in [1.29, 1.82) is 0 Å². The Balaban J connectivity index is 3.69. The Bertz CT molecular complexity index is 593. The van der Waals surface area contributed by atoms with Crippen LogP contribution in [0.3, 0.4) is 0 Å². The van der Waals surface area contributed by atoms with Gasteiger partial charge in [0.05, 0.1) is 25.4 Å². The maximum atomic E-state index is 11.6. The Morgan fingerprint density at radius 2 is 1.87 bits per heavy atom. The van der Waals surface area contributed by atoms with Crippen LogP contribution in [0, 0.1) is 0 Å². The predicted molar refractivity (Wildman–Crippen MR) is 104 cm³/mol. The molecule has 1 fully saturated rings. The first-order chi connectivity index (χ1) is 14.2. The van der Waals surface area contributed by atoms with E-state index in [1.54, 1.807) is 20.8 Å². The molecule has 1 heterocycles. The van der Waals surface area contributed by atoms with Gasteiger partial charge in [0.2, 0.25) is 5.91 Å². The summed E-state index contributed by atoms with van der Waals surface area (Å²) in [6.07, 6.45) is -2.46. The highest BCUT2D eigenvalue weighted by atomic mass is 16.9. The molecule has 0 unspecified atom stereocenters. The molecular formula is C19H33NO10. The van der Waals surface area contributed by atoms with Gasteiger partial charge in [0.25, 0.3) is 0 Å². The van der Waals surface area contributed by atoms with Crippen LogP contribution in [0.5, 0.6) is 0 Å². The highest BCUT2D eigenvalue weighted by molar-refractivity contribution is 5.73. The number of rotatable bonds is 12. The third-order valence-electron chi connectivity index (χ3n) is 4.26. The van der Waals surface area contributed by atoms with Gasteiger partial charge in [-0.05, 0) is 20.8 Å². The lowest BCUT2D eigenvalue weighted by Crippen LogP contribution is -2.68. The largest absolute Gasteiger partial charge is 0.506 e. The highest BCUT2D eigenvalue weighted by Crippen LogP contribution is 2.45. The van der Waals surface area contributed by atoms with E-state index in [0.717, 1.165) is 6.26 Å². The second-order valence-electron chi connectivity index (χ2n) is 6.39. The van der Waals surface area contributed by atoms with E-state index < -0.39 is 54.0 Å². The molecule has 0 bridgehead atoms. The normalized spacial score (nSPS) is 27.0. The third-order valence-corrected chi connectivity index (χ3v) is 4.26. The molecule has 0 radical (unpaired) electrons. The summed E-state index contributed by atoms with van der Waals surface area (Å²) >= 11 is 0. The summed E-state index contributed by atoms with van der Waals surface area (Å²) in [5.41, 5.74) is 0. The van der Waals surface area contributed by atoms with Crippen LogP contribution in [0.25, 0.3) is 0 Å². The van der Waals surface area contributed by atoms with Gasteiger partial charge >= 0.3 is 11.8 Å². The number of carbonyl (C=O) groups is 1. The second-order valence-corrected chi connectivity index (χ2v) is 6.39. The number of hydrogen-bond donors (Lipinski definition) is 5. The van der Waals surface area contributed by atoms with Crippen LogP contribution >= 0.6 is 0 Å². The average Bonchev–Trinajstić information content (AvgIpc) is 2.69. The fourth-order valence-electron chi connectivity index (χ4n) is 3.19. The molecule has 5 N–H and O–H groups in total. The Labute approximate surface area is 175 Å². The number of hydrogen-bond acceptors (Lipinski definition) is 10. The first kappa shape index (κ1) is 26.1. The van der Waals surface area contributed by atoms with E-state index in [1.807, 2.05) is 0 Å². The minimum Gasteiger partial charge on any atom is -0.506 e. The minimum absolute atomic E-state index is 0.0983. The summed E-state index contributed by atoms with van der Waals surface area (Å²) in [7, 11) is 0. The standard InChI is InChI=1S/C19H33NO10/c1-6-26-18(19(27-7-2,28-8-3)29-9-4)10-13(23)15(20-12(5)22)17(30-18)16(25)14(24)11-21/h6,13-15,21,23-25H,1,7-11H2,2-5H3,(H,20,22)/t13-,14+,15+,18-/m0/s1. The van der Waals surface area contributed by atoms with E-state index in [2.05, 4.69) is 11.9 Å². The number of aliphatic hydroxyl groups is 4. The molecule has 0 aromatic carbocycles. The zero-order valence-corrected chi connectivity index (χ0v) is 17.8. The third kappa shape index (κ3) is 5.42. The number of amides is 1. The van der Waals surface area contributed by atoms with Gasteiger partial charge in [0.1, 0.15) is 12.1 Å². The summed E-state index contributed by atoms with van der Waals surface area (Å²) in [6.45, 7) is 9.21. The van der Waals surface area contributed by atoms with Crippen molar-refractivity contribution in [2.75, 3.05) is 26.4 Å². The van der Waals surface area contributed by atoms with Crippen molar-refractivity contribution in [3.63, 3.8) is 0 Å². The van der Waals surface area contributed by atoms with Gasteiger partial charge in [-0.1, -0.05) is 6.58 Å². The predicted octanol–water partition coefficient (Wildman–Crippen LogP) is 0.0148. The van der Waals surface area contributed by atoms with Crippen LogP contribution in [-0.4, -0.2) is 82.8 Å². The molecule has 4 atom stereocenters. The number of nitrogens with one attached hydrogen (secondary N) is 1. The van der Waals surface area contributed by atoms with E-state index in [9.17, 15) is 25.2 Å². The topological polar surface area (TPSA) is 156 Å². The van der Waals surface area contributed by atoms with Crippen molar-refractivity contribution in [3.8, 4) is 0 Å². The lowest BCUT2D eigenvalue weighted by Gasteiger charge is -2.50. The molecule has 0 spiro atoms. The summed E-state index contributed by atoms with van der Waals surface area (Å²) < 4.78 is 28.7. The van der Waals surface area contributed by atoms with Crippen molar-refractivity contribution in [3.05, 3.63) is 24.4 Å². The van der Waals surface area contributed by atoms with Crippen molar-refractivity contribution in [2.24, 2.45) is 0 Å². The summed E-state index contributed by atoms with van der Waals surface area (Å²) in [6, 6.07) is -1.26. The van der Waals surface area contributed by atoms with Crippen molar-refractivity contribution in [2.45, 2.75) is 64.1 Å². The summed E-state index contributed by atoms with van der Waals surface area (Å²) in [4.78, 5) is 11.6. The first-order valence-corrected chi connectivity index (χ1v) is 9.74. The number of carbonyl (C=O) groups excluding carboxylic acids is 1. The molecule has 1 rings (SSSR count). The van der Waals surface area contributed by atoms with Crippen LogP contribution in [0.15, 0.2) is 24.4 Å². The SMILES string of the molecule is C=CO[C@@]1(C(OCC)(OCC)OCC)C[C@H](O)[C@@H](NC(C)=O)C(=C(O)[C@H](O)CO)O1. The van der Waals surface area contributed by atoms with Gasteiger partial charge in [-0.2, -0.15) is 0 Å². The molecule has 30 heavy (non-hydrogen) atoms. The highest BCUT2D eigenvalue weighted by Gasteiger charge is 2.65. The lowest BCUT2D eigenvalue weighted by molar-refractivity contribution is -0.492. The van der Waals surface area contributed by atoms with Crippen molar-refractivity contribution >= 4 is 5.91 Å². The van der Waals surface area contributed by atoms with Crippen LogP contribution in [0.2, 0.25) is 0 Å². The molecule has 174 valence electrons. The molecule has 1 amide bonds. The van der Waals surface area contributed by atoms with Crippen molar-refractivity contribution in [1.82, 2.24) is 5.32 Å². The molecule has 11 heteroatoms. The maximum absolute atomic E-state index is 11.6. The molecule has 0 saturated carbocycles. The van der Waals surface area contributed by atoms with E-state index in [-0.39, 0.29) is 26.2 Å². The van der Waals surface area contributed by atoms with Crippen molar-refractivity contribution < 1.29 is 48.9 Å². The molecule has 11 nitrogen and oxygen atoms in total. The molecule has 1 aliphatic heterocycles. The molecule has 1 saturated heterocycles. The fourth-order valence-corrected chi connectivity index (χ4v) is 3.19. The Morgan fingerprint density at radius 1 is 1.33 bits per heavy atom. The van der Waals surface area contributed by atoms with Gasteiger partial charge in [-0.3, -0.25) is 4.79 Å². The van der Waals surface area contributed by atoms with E-state index >= 15 is 0 Å². The van der Waals surface area contributed by atoms with E-state index in [0.29, 0.717) is 0 Å². The fraction of sp³-hybridized carbons (Fsp3) is 0.737. The summed E-state index contributed by atoms with van der Waals surface area (Å²) in [5, 5.41) is 43.0. The Hall–Kier alpha value is -1.89. The van der Waals surface area contributed by atoms with Crippen LogP contribution in [0.4, 0.5) is 0 Å². The number of ether oxygens (including phenoxy) is 5. The van der Waals surface area contributed by atoms with E-state index in [4.69, 9.17) is 23.7 Å². The first-order valence-electron chi connectivity index (χ1n) is 9.74. The molecule has 1 aliphatic rings.